The van der Waals surface area contributed by atoms with Crippen LogP contribution in [0, 0.1) is 5.92 Å². The second kappa shape index (κ2) is 7.91. The van der Waals surface area contributed by atoms with E-state index in [0.717, 1.165) is 16.7 Å². The Kier molecular flexibility index (Phi) is 5.42. The van der Waals surface area contributed by atoms with E-state index in [1.807, 2.05) is 104 Å². The molecule has 0 aliphatic carbocycles. The fourth-order valence-electron chi connectivity index (χ4n) is 3.11. The van der Waals surface area contributed by atoms with E-state index in [4.69, 9.17) is 0 Å². The minimum atomic E-state index is -1.07. The normalized spacial score (nSPS) is 13.0. The third kappa shape index (κ3) is 3.86. The average molecular weight is 329 g/mol. The molecule has 3 aromatic rings. The first-order chi connectivity index (χ1) is 12.2. The van der Waals surface area contributed by atoms with E-state index in [1.54, 1.807) is 0 Å². The van der Waals surface area contributed by atoms with Crippen molar-refractivity contribution in [1.29, 1.82) is 0 Å². The third-order valence-electron chi connectivity index (χ3n) is 4.56. The zero-order chi connectivity index (χ0) is 17.5. The number of hydrogen-bond acceptors (Lipinski definition) is 2. The van der Waals surface area contributed by atoms with Gasteiger partial charge in [0.15, 0.2) is 0 Å². The molecule has 0 heterocycles. The van der Waals surface area contributed by atoms with Gasteiger partial charge >= 0.3 is 0 Å². The van der Waals surface area contributed by atoms with Gasteiger partial charge in [0.25, 0.3) is 0 Å². The minimum Gasteiger partial charge on any atom is -0.380 e. The van der Waals surface area contributed by atoms with Gasteiger partial charge in [0.1, 0.15) is 5.60 Å². The van der Waals surface area contributed by atoms with E-state index in [2.05, 4.69) is 4.99 Å². The van der Waals surface area contributed by atoms with Gasteiger partial charge in [-0.25, -0.2) is 0 Å². The molecule has 0 fully saturated rings. The van der Waals surface area contributed by atoms with Gasteiger partial charge in [0, 0.05) is 18.7 Å². The second-order valence-electron chi connectivity index (χ2n) is 6.30. The van der Waals surface area contributed by atoms with Gasteiger partial charge in [0.05, 0.1) is 0 Å². The minimum absolute atomic E-state index is 0.0720. The summed E-state index contributed by atoms with van der Waals surface area (Å²) in [6, 6.07) is 29.7. The molecule has 3 rings (SSSR count). The van der Waals surface area contributed by atoms with Gasteiger partial charge in [-0.1, -0.05) is 97.9 Å². The summed E-state index contributed by atoms with van der Waals surface area (Å²) in [4.78, 5) is 4.57. The molecule has 2 nitrogen and oxygen atoms in total. The van der Waals surface area contributed by atoms with Gasteiger partial charge in [-0.3, -0.25) is 4.99 Å². The van der Waals surface area contributed by atoms with Gasteiger partial charge < -0.3 is 5.11 Å². The topological polar surface area (TPSA) is 32.6 Å². The highest BCUT2D eigenvalue weighted by atomic mass is 16.3. The highest BCUT2D eigenvalue weighted by Gasteiger charge is 2.37. The summed E-state index contributed by atoms with van der Waals surface area (Å²) < 4.78 is 0. The number of aliphatic hydroxyl groups is 1. The van der Waals surface area contributed by atoms with Crippen molar-refractivity contribution in [1.82, 2.24) is 0 Å². The van der Waals surface area contributed by atoms with Crippen molar-refractivity contribution in [3.05, 3.63) is 108 Å². The van der Waals surface area contributed by atoms with Crippen molar-refractivity contribution in [2.75, 3.05) is 6.54 Å². The zero-order valence-electron chi connectivity index (χ0n) is 14.4. The lowest BCUT2D eigenvalue weighted by Crippen LogP contribution is -2.36. The van der Waals surface area contributed by atoms with Crippen molar-refractivity contribution >= 4 is 6.21 Å². The van der Waals surface area contributed by atoms with Crippen LogP contribution < -0.4 is 0 Å². The van der Waals surface area contributed by atoms with Gasteiger partial charge in [-0.2, -0.15) is 0 Å². The van der Waals surface area contributed by atoms with Crippen molar-refractivity contribution in [2.45, 2.75) is 12.5 Å². The summed E-state index contributed by atoms with van der Waals surface area (Å²) in [5.74, 6) is -0.0720. The summed E-state index contributed by atoms with van der Waals surface area (Å²) >= 11 is 0. The van der Waals surface area contributed by atoms with Gasteiger partial charge in [-0.15, -0.1) is 0 Å². The predicted molar refractivity (Wildman–Crippen MR) is 104 cm³/mol. The van der Waals surface area contributed by atoms with E-state index >= 15 is 0 Å². The Labute approximate surface area is 149 Å². The predicted octanol–water partition coefficient (Wildman–Crippen LogP) is 4.68. The molecule has 2 heteroatoms. The average Bonchev–Trinajstić information content (AvgIpc) is 2.69. The van der Waals surface area contributed by atoms with Crippen molar-refractivity contribution in [2.24, 2.45) is 10.9 Å². The van der Waals surface area contributed by atoms with E-state index in [-0.39, 0.29) is 5.92 Å². The zero-order valence-corrected chi connectivity index (χ0v) is 14.4. The number of nitrogens with zero attached hydrogens (tertiary/aromatic N) is 1. The SMILES string of the molecule is CC(CN=Cc1ccccc1)C(O)(c1ccccc1)c1ccccc1. The van der Waals surface area contributed by atoms with Crippen LogP contribution in [0.1, 0.15) is 23.6 Å². The number of rotatable bonds is 6. The molecule has 0 aromatic heterocycles. The van der Waals surface area contributed by atoms with Gasteiger partial charge in [-0.05, 0) is 16.7 Å². The van der Waals surface area contributed by atoms with Crippen LogP contribution in [0.3, 0.4) is 0 Å². The number of aliphatic imine (C=N–C) groups is 1. The Morgan fingerprint density at radius 2 is 1.24 bits per heavy atom. The van der Waals surface area contributed by atoms with Crippen LogP contribution in [0.4, 0.5) is 0 Å². The van der Waals surface area contributed by atoms with Crippen LogP contribution in [-0.2, 0) is 5.60 Å². The lowest BCUT2D eigenvalue weighted by Gasteiger charge is -2.34. The highest BCUT2D eigenvalue weighted by Crippen LogP contribution is 2.36. The molecule has 0 aliphatic heterocycles. The molecular weight excluding hydrogens is 306 g/mol. The van der Waals surface area contributed by atoms with Crippen molar-refractivity contribution in [3.8, 4) is 0 Å². The molecule has 126 valence electrons. The molecule has 25 heavy (non-hydrogen) atoms. The van der Waals surface area contributed by atoms with E-state index in [0.29, 0.717) is 6.54 Å². The van der Waals surface area contributed by atoms with Crippen LogP contribution in [0.15, 0.2) is 96.0 Å². The lowest BCUT2D eigenvalue weighted by atomic mass is 9.77. The van der Waals surface area contributed by atoms with Crippen LogP contribution >= 0.6 is 0 Å². The Hall–Kier alpha value is -2.71. The largest absolute Gasteiger partial charge is 0.380 e. The molecule has 0 saturated heterocycles. The monoisotopic (exact) mass is 329 g/mol. The fraction of sp³-hybridized carbons (Fsp3) is 0.174. The summed E-state index contributed by atoms with van der Waals surface area (Å²) in [6.07, 6.45) is 1.87. The van der Waals surface area contributed by atoms with E-state index in [9.17, 15) is 5.11 Å². The Balaban J connectivity index is 1.88. The molecule has 0 bridgehead atoms. The van der Waals surface area contributed by atoms with Gasteiger partial charge in [0.2, 0.25) is 0 Å². The first-order valence-electron chi connectivity index (χ1n) is 8.59. The first-order valence-corrected chi connectivity index (χ1v) is 8.59. The Morgan fingerprint density at radius 3 is 1.72 bits per heavy atom. The third-order valence-corrected chi connectivity index (χ3v) is 4.56. The van der Waals surface area contributed by atoms with Crippen molar-refractivity contribution < 1.29 is 5.11 Å². The lowest BCUT2D eigenvalue weighted by molar-refractivity contribution is 0.0279. The maximum Gasteiger partial charge on any atom is 0.119 e. The van der Waals surface area contributed by atoms with Crippen LogP contribution in [0.2, 0.25) is 0 Å². The molecule has 1 N–H and O–H groups in total. The molecule has 3 aromatic carbocycles. The van der Waals surface area contributed by atoms with Crippen LogP contribution in [-0.4, -0.2) is 17.9 Å². The smallest absolute Gasteiger partial charge is 0.119 e. The molecule has 0 amide bonds. The summed E-state index contributed by atoms with van der Waals surface area (Å²) in [6.45, 7) is 2.58. The number of benzene rings is 3. The molecule has 1 unspecified atom stereocenters. The standard InChI is InChI=1S/C23H23NO/c1-19(17-24-18-20-11-5-2-6-12-20)23(25,21-13-7-3-8-14-21)22-15-9-4-10-16-22/h2-16,18-19,25H,17H2,1H3. The summed E-state index contributed by atoms with van der Waals surface area (Å²) in [7, 11) is 0. The van der Waals surface area contributed by atoms with Crippen LogP contribution in [0.25, 0.3) is 0 Å². The fourth-order valence-corrected chi connectivity index (χ4v) is 3.11. The molecule has 1 atom stereocenters. The molecule has 0 radical (unpaired) electrons. The van der Waals surface area contributed by atoms with Crippen molar-refractivity contribution in [3.63, 3.8) is 0 Å². The van der Waals surface area contributed by atoms with Crippen LogP contribution in [0.5, 0.6) is 0 Å². The Bertz CT molecular complexity index is 758. The van der Waals surface area contributed by atoms with E-state index < -0.39 is 5.60 Å². The maximum atomic E-state index is 11.6. The second-order valence-corrected chi connectivity index (χ2v) is 6.30. The molecular formula is C23H23NO. The van der Waals surface area contributed by atoms with E-state index in [1.165, 1.54) is 0 Å². The molecule has 0 saturated carbocycles. The highest BCUT2D eigenvalue weighted by molar-refractivity contribution is 5.79. The maximum absolute atomic E-state index is 11.6. The summed E-state index contributed by atoms with van der Waals surface area (Å²) in [5, 5.41) is 11.6. The molecule has 0 spiro atoms. The molecule has 0 aliphatic rings. The number of hydrogen-bond donors (Lipinski definition) is 1. The Morgan fingerprint density at radius 1 is 0.800 bits per heavy atom. The first kappa shape index (κ1) is 17.1. The quantitative estimate of drug-likeness (QED) is 0.655. The summed E-state index contributed by atoms with van der Waals surface area (Å²) in [5.41, 5.74) is 1.78.